The number of benzene rings is 1. The highest BCUT2D eigenvalue weighted by Gasteiger charge is 2.13. The number of nitrogens with zero attached hydrogens (tertiary/aromatic N) is 3. The van der Waals surface area contributed by atoms with Gasteiger partial charge in [0.1, 0.15) is 5.03 Å². The lowest BCUT2D eigenvalue weighted by molar-refractivity contribution is -0.384. The zero-order valence-corrected chi connectivity index (χ0v) is 12.3. The second-order valence-electron chi connectivity index (χ2n) is 5.10. The molecule has 21 heavy (non-hydrogen) atoms. The van der Waals surface area contributed by atoms with Gasteiger partial charge in [-0.25, -0.2) is 4.98 Å². The predicted molar refractivity (Wildman–Crippen MR) is 82.6 cm³/mol. The Labute approximate surface area is 126 Å². The number of piperidine rings is 1. The van der Waals surface area contributed by atoms with Gasteiger partial charge in [-0.05, 0) is 25.5 Å². The summed E-state index contributed by atoms with van der Waals surface area (Å²) in [5, 5.41) is 15.1. The minimum absolute atomic E-state index is 0.0450. The van der Waals surface area contributed by atoms with Gasteiger partial charge in [0, 0.05) is 23.9 Å². The highest BCUT2D eigenvalue weighted by atomic mass is 32.2. The number of fused-ring (bicyclic) bond motifs is 1. The van der Waals surface area contributed by atoms with Gasteiger partial charge in [-0.3, -0.25) is 15.1 Å². The van der Waals surface area contributed by atoms with Crippen molar-refractivity contribution < 1.29 is 4.92 Å². The summed E-state index contributed by atoms with van der Waals surface area (Å²) in [7, 11) is 0. The molecule has 110 valence electrons. The molecule has 3 rings (SSSR count). The molecule has 2 aromatic rings. The molecule has 1 N–H and O–H groups in total. The fourth-order valence-electron chi connectivity index (χ4n) is 2.42. The van der Waals surface area contributed by atoms with Crippen molar-refractivity contribution in [2.45, 2.75) is 30.3 Å². The van der Waals surface area contributed by atoms with Gasteiger partial charge in [-0.2, -0.15) is 0 Å². The summed E-state index contributed by atoms with van der Waals surface area (Å²) >= 11 is 1.68. The summed E-state index contributed by atoms with van der Waals surface area (Å²) in [5.74, 6) is 0.979. The van der Waals surface area contributed by atoms with E-state index in [-0.39, 0.29) is 5.69 Å². The van der Waals surface area contributed by atoms with Crippen LogP contribution in [-0.2, 0) is 0 Å². The van der Waals surface area contributed by atoms with Crippen molar-refractivity contribution in [1.29, 1.82) is 0 Å². The van der Waals surface area contributed by atoms with Crippen molar-refractivity contribution in [2.24, 2.45) is 0 Å². The molecule has 1 aliphatic rings. The number of nitro benzene ring substituents is 1. The third kappa shape index (κ3) is 3.48. The third-order valence-corrected chi connectivity index (χ3v) is 4.62. The third-order valence-electron chi connectivity index (χ3n) is 3.56. The van der Waals surface area contributed by atoms with Crippen molar-refractivity contribution >= 4 is 28.5 Å². The molecule has 1 aromatic heterocycles. The Morgan fingerprint density at radius 2 is 2.29 bits per heavy atom. The zero-order chi connectivity index (χ0) is 14.7. The van der Waals surface area contributed by atoms with Crippen molar-refractivity contribution in [2.75, 3.05) is 12.3 Å². The highest BCUT2D eigenvalue weighted by molar-refractivity contribution is 7.99. The van der Waals surface area contributed by atoms with Crippen LogP contribution in [0, 0.1) is 10.1 Å². The van der Waals surface area contributed by atoms with Gasteiger partial charge in [0.15, 0.2) is 0 Å². The first-order valence-corrected chi connectivity index (χ1v) is 7.98. The molecule has 6 nitrogen and oxygen atoms in total. The van der Waals surface area contributed by atoms with Crippen LogP contribution in [0.1, 0.15) is 19.3 Å². The lowest BCUT2D eigenvalue weighted by atomic mass is 10.1. The summed E-state index contributed by atoms with van der Waals surface area (Å²) in [4.78, 5) is 19.1. The number of nitrogens with one attached hydrogen (secondary N) is 1. The number of aromatic nitrogens is 2. The largest absolute Gasteiger partial charge is 0.313 e. The fraction of sp³-hybridized carbons (Fsp3) is 0.429. The van der Waals surface area contributed by atoms with Gasteiger partial charge in [-0.15, -0.1) is 11.8 Å². The van der Waals surface area contributed by atoms with Crippen LogP contribution in [0.3, 0.4) is 0 Å². The predicted octanol–water partition coefficient (Wildman–Crippen LogP) is 2.77. The van der Waals surface area contributed by atoms with E-state index in [4.69, 9.17) is 0 Å². The van der Waals surface area contributed by atoms with Crippen LogP contribution in [0.25, 0.3) is 11.0 Å². The molecule has 0 aliphatic carbocycles. The van der Waals surface area contributed by atoms with Crippen LogP contribution in [0.2, 0.25) is 0 Å². The van der Waals surface area contributed by atoms with E-state index in [0.29, 0.717) is 17.1 Å². The highest BCUT2D eigenvalue weighted by Crippen LogP contribution is 2.23. The molecule has 7 heteroatoms. The molecule has 0 saturated carbocycles. The van der Waals surface area contributed by atoms with E-state index in [1.165, 1.54) is 31.4 Å². The molecular weight excluding hydrogens is 288 g/mol. The molecule has 0 spiro atoms. The molecule has 1 aliphatic heterocycles. The maximum Gasteiger partial charge on any atom is 0.271 e. The maximum absolute atomic E-state index is 10.7. The topological polar surface area (TPSA) is 81.0 Å². The molecule has 1 aromatic carbocycles. The average Bonchev–Trinajstić information content (AvgIpc) is 2.53. The van der Waals surface area contributed by atoms with Crippen LogP contribution in [0.4, 0.5) is 5.69 Å². The summed E-state index contributed by atoms with van der Waals surface area (Å²) < 4.78 is 0. The summed E-state index contributed by atoms with van der Waals surface area (Å²) in [6.07, 6.45) is 5.45. The number of rotatable bonds is 4. The summed E-state index contributed by atoms with van der Waals surface area (Å²) in [6.45, 7) is 1.10. The number of hydrogen-bond donors (Lipinski definition) is 1. The van der Waals surface area contributed by atoms with E-state index in [1.54, 1.807) is 24.0 Å². The lowest BCUT2D eigenvalue weighted by Crippen LogP contribution is -2.35. The Balaban J connectivity index is 1.71. The molecule has 1 fully saturated rings. The first-order valence-electron chi connectivity index (χ1n) is 7.00. The minimum Gasteiger partial charge on any atom is -0.313 e. The molecule has 2 heterocycles. The Hall–Kier alpha value is -1.73. The number of nitro groups is 1. The quantitative estimate of drug-likeness (QED) is 0.531. The van der Waals surface area contributed by atoms with Crippen molar-refractivity contribution in [3.05, 3.63) is 34.5 Å². The second kappa shape index (κ2) is 6.36. The Kier molecular flexibility index (Phi) is 4.31. The molecule has 0 bridgehead atoms. The van der Waals surface area contributed by atoms with E-state index in [1.807, 2.05) is 0 Å². The maximum atomic E-state index is 10.7. The van der Waals surface area contributed by atoms with Gasteiger partial charge in [-0.1, -0.05) is 6.42 Å². The molecular formula is C14H16N4O2S. The molecule has 0 unspecified atom stereocenters. The minimum atomic E-state index is -0.418. The monoisotopic (exact) mass is 304 g/mol. The van der Waals surface area contributed by atoms with Crippen LogP contribution in [0.5, 0.6) is 0 Å². The first-order chi connectivity index (χ1) is 10.2. The van der Waals surface area contributed by atoms with Gasteiger partial charge in [0.2, 0.25) is 0 Å². The van der Waals surface area contributed by atoms with E-state index in [2.05, 4.69) is 15.3 Å². The second-order valence-corrected chi connectivity index (χ2v) is 6.14. The Morgan fingerprint density at radius 3 is 3.05 bits per heavy atom. The van der Waals surface area contributed by atoms with Crippen molar-refractivity contribution in [3.63, 3.8) is 0 Å². The molecule has 1 atom stereocenters. The van der Waals surface area contributed by atoms with Crippen LogP contribution < -0.4 is 5.32 Å². The van der Waals surface area contributed by atoms with Crippen molar-refractivity contribution in [3.8, 4) is 0 Å². The zero-order valence-electron chi connectivity index (χ0n) is 11.5. The van der Waals surface area contributed by atoms with Crippen molar-refractivity contribution in [1.82, 2.24) is 15.3 Å². The number of non-ortho nitro benzene ring substituents is 1. The molecule has 0 radical (unpaired) electrons. The Morgan fingerprint density at radius 1 is 1.38 bits per heavy atom. The van der Waals surface area contributed by atoms with E-state index in [0.717, 1.165) is 17.3 Å². The van der Waals surface area contributed by atoms with E-state index < -0.39 is 4.92 Å². The average molecular weight is 304 g/mol. The SMILES string of the molecule is O=[N+]([O-])c1ccc2nc(SC[C@H]3CCCCN3)cnc2c1. The number of hydrogen-bond acceptors (Lipinski definition) is 6. The van der Waals surface area contributed by atoms with E-state index >= 15 is 0 Å². The number of thioether (sulfide) groups is 1. The van der Waals surface area contributed by atoms with E-state index in [9.17, 15) is 10.1 Å². The van der Waals surface area contributed by atoms with Gasteiger partial charge < -0.3 is 5.32 Å². The van der Waals surface area contributed by atoms with Gasteiger partial charge in [0.25, 0.3) is 5.69 Å². The van der Waals surface area contributed by atoms with Gasteiger partial charge >= 0.3 is 0 Å². The van der Waals surface area contributed by atoms with Crippen LogP contribution >= 0.6 is 11.8 Å². The van der Waals surface area contributed by atoms with Gasteiger partial charge in [0.05, 0.1) is 22.2 Å². The normalized spacial score (nSPS) is 18.8. The molecule has 0 amide bonds. The molecule has 1 saturated heterocycles. The van der Waals surface area contributed by atoms with Crippen LogP contribution in [0.15, 0.2) is 29.4 Å². The fourth-order valence-corrected chi connectivity index (χ4v) is 3.36. The Bertz CT molecular complexity index is 658. The summed E-state index contributed by atoms with van der Waals surface area (Å²) in [6, 6.07) is 5.12. The smallest absolute Gasteiger partial charge is 0.271 e. The summed E-state index contributed by atoms with van der Waals surface area (Å²) in [5.41, 5.74) is 1.30. The first kappa shape index (κ1) is 14.2. The van der Waals surface area contributed by atoms with Crippen LogP contribution in [-0.4, -0.2) is 33.2 Å². The lowest BCUT2D eigenvalue weighted by Gasteiger charge is -2.22. The standard InChI is InChI=1S/C14H16N4O2S/c19-18(20)11-4-5-12-13(7-11)16-8-14(17-12)21-9-10-3-1-2-6-15-10/h4-5,7-8,10,15H,1-3,6,9H2/t10-/m1/s1.